The topological polar surface area (TPSA) is 61.7 Å². The van der Waals surface area contributed by atoms with E-state index < -0.39 is 5.41 Å². The van der Waals surface area contributed by atoms with Crippen LogP contribution in [0.5, 0.6) is 17.2 Å². The van der Waals surface area contributed by atoms with E-state index in [0.717, 1.165) is 52.7 Å². The molecule has 3 aromatic rings. The predicted octanol–water partition coefficient (Wildman–Crippen LogP) is 4.50. The number of nitrogens with one attached hydrogen (secondary N) is 1. The highest BCUT2D eigenvalue weighted by Gasteiger charge is 2.51. The fourth-order valence-corrected chi connectivity index (χ4v) is 4.21. The van der Waals surface area contributed by atoms with Gasteiger partial charge >= 0.3 is 0 Å². The molecule has 1 aromatic heterocycles. The largest absolute Gasteiger partial charge is 0.495 e. The summed E-state index contributed by atoms with van der Waals surface area (Å²) in [6.45, 7) is 4.33. The molecule has 154 valence electrons. The Hall–Kier alpha value is -3.41. The van der Waals surface area contributed by atoms with Crippen molar-refractivity contribution in [1.29, 1.82) is 0 Å². The lowest BCUT2D eigenvalue weighted by Crippen LogP contribution is -2.27. The molecule has 0 bridgehead atoms. The average Bonchev–Trinajstić information content (AvgIpc) is 3.31. The Morgan fingerprint density at radius 3 is 2.43 bits per heavy atom. The number of aryl methyl sites for hydroxylation is 2. The number of hydrogen-bond acceptors (Lipinski definition) is 4. The van der Waals surface area contributed by atoms with E-state index in [9.17, 15) is 4.79 Å². The normalized spacial score (nSPS) is 15.7. The van der Waals surface area contributed by atoms with Crippen molar-refractivity contribution in [3.05, 3.63) is 65.5 Å². The Morgan fingerprint density at radius 1 is 1.00 bits per heavy atom. The SMILES string of the molecule is COc1ccc(NC(=O)C2(c3ccc4c(c3)OCO4)CC2)cc1-n1c(C)ccc1C. The Kier molecular flexibility index (Phi) is 4.24. The number of amides is 1. The number of benzene rings is 2. The van der Waals surface area contributed by atoms with Crippen LogP contribution >= 0.6 is 0 Å². The van der Waals surface area contributed by atoms with Crippen molar-refractivity contribution in [3.63, 3.8) is 0 Å². The van der Waals surface area contributed by atoms with E-state index in [0.29, 0.717) is 5.75 Å². The van der Waals surface area contributed by atoms with Crippen molar-refractivity contribution in [2.45, 2.75) is 32.1 Å². The number of rotatable bonds is 5. The van der Waals surface area contributed by atoms with Crippen LogP contribution < -0.4 is 19.5 Å². The molecule has 6 nitrogen and oxygen atoms in total. The molecule has 1 aliphatic heterocycles. The highest BCUT2D eigenvalue weighted by Crippen LogP contribution is 2.51. The maximum Gasteiger partial charge on any atom is 0.235 e. The van der Waals surface area contributed by atoms with Crippen molar-refractivity contribution < 1.29 is 19.0 Å². The minimum atomic E-state index is -0.514. The quantitative estimate of drug-likeness (QED) is 0.680. The molecule has 2 heterocycles. The van der Waals surface area contributed by atoms with Gasteiger partial charge < -0.3 is 24.1 Å². The minimum Gasteiger partial charge on any atom is -0.495 e. The van der Waals surface area contributed by atoms with Crippen LogP contribution in [0.1, 0.15) is 29.8 Å². The average molecular weight is 404 g/mol. The first-order valence-electron chi connectivity index (χ1n) is 10.1. The van der Waals surface area contributed by atoms with Gasteiger partial charge in [0.1, 0.15) is 5.75 Å². The van der Waals surface area contributed by atoms with Gasteiger partial charge in [-0.2, -0.15) is 0 Å². The molecule has 1 fully saturated rings. The van der Waals surface area contributed by atoms with Crippen LogP contribution in [0.4, 0.5) is 5.69 Å². The molecule has 0 atom stereocenters. The Labute approximate surface area is 175 Å². The molecule has 1 amide bonds. The third kappa shape index (κ3) is 2.91. The van der Waals surface area contributed by atoms with Gasteiger partial charge in [0.15, 0.2) is 11.5 Å². The Morgan fingerprint density at radius 2 is 1.73 bits per heavy atom. The molecule has 5 rings (SSSR count). The number of carbonyl (C=O) groups is 1. The lowest BCUT2D eigenvalue weighted by Gasteiger charge is -2.19. The number of nitrogens with zero attached hydrogens (tertiary/aromatic N) is 1. The summed E-state index contributed by atoms with van der Waals surface area (Å²) in [5.41, 5.74) is 4.32. The van der Waals surface area contributed by atoms with Gasteiger partial charge in [0.2, 0.25) is 12.7 Å². The Bertz CT molecular complexity index is 1120. The Balaban J connectivity index is 1.45. The zero-order valence-electron chi connectivity index (χ0n) is 17.3. The fourth-order valence-electron chi connectivity index (χ4n) is 4.21. The minimum absolute atomic E-state index is 0.00145. The molecule has 0 spiro atoms. The van der Waals surface area contributed by atoms with Gasteiger partial charge in [-0.15, -0.1) is 0 Å². The third-order valence-electron chi connectivity index (χ3n) is 6.06. The first-order valence-corrected chi connectivity index (χ1v) is 10.1. The van der Waals surface area contributed by atoms with E-state index in [1.54, 1.807) is 7.11 Å². The summed E-state index contributed by atoms with van der Waals surface area (Å²) in [5.74, 6) is 2.19. The molecule has 1 aliphatic carbocycles. The smallest absolute Gasteiger partial charge is 0.235 e. The van der Waals surface area contributed by atoms with Crippen LogP contribution in [0.2, 0.25) is 0 Å². The van der Waals surface area contributed by atoms with Gasteiger partial charge in [-0.3, -0.25) is 4.79 Å². The summed E-state index contributed by atoms with van der Waals surface area (Å²) in [6, 6.07) is 15.7. The second kappa shape index (κ2) is 6.83. The molecule has 30 heavy (non-hydrogen) atoms. The van der Waals surface area contributed by atoms with E-state index in [2.05, 4.69) is 35.9 Å². The number of anilines is 1. The summed E-state index contributed by atoms with van der Waals surface area (Å²) in [7, 11) is 1.66. The van der Waals surface area contributed by atoms with Crippen LogP contribution in [0.25, 0.3) is 5.69 Å². The molecule has 6 heteroatoms. The van der Waals surface area contributed by atoms with Crippen LogP contribution in [-0.4, -0.2) is 24.4 Å². The summed E-state index contributed by atoms with van der Waals surface area (Å²) in [5, 5.41) is 3.12. The second-order valence-corrected chi connectivity index (χ2v) is 7.94. The molecule has 2 aliphatic rings. The number of ether oxygens (including phenoxy) is 3. The van der Waals surface area contributed by atoms with E-state index in [1.165, 1.54) is 0 Å². The third-order valence-corrected chi connectivity index (χ3v) is 6.06. The maximum atomic E-state index is 13.3. The summed E-state index contributed by atoms with van der Waals surface area (Å²) >= 11 is 0. The van der Waals surface area contributed by atoms with E-state index >= 15 is 0 Å². The van der Waals surface area contributed by atoms with Crippen molar-refractivity contribution in [2.75, 3.05) is 19.2 Å². The summed E-state index contributed by atoms with van der Waals surface area (Å²) in [4.78, 5) is 13.3. The fraction of sp³-hybridized carbons (Fsp3) is 0.292. The monoisotopic (exact) mass is 404 g/mol. The summed E-state index contributed by atoms with van der Waals surface area (Å²) in [6.07, 6.45) is 1.63. The first-order chi connectivity index (χ1) is 14.5. The zero-order chi connectivity index (χ0) is 20.9. The first kappa shape index (κ1) is 18.6. The van der Waals surface area contributed by atoms with Crippen molar-refractivity contribution in [2.24, 2.45) is 0 Å². The molecule has 0 saturated heterocycles. The van der Waals surface area contributed by atoms with E-state index in [4.69, 9.17) is 14.2 Å². The molecular weight excluding hydrogens is 380 g/mol. The van der Waals surface area contributed by atoms with E-state index in [-0.39, 0.29) is 12.7 Å². The van der Waals surface area contributed by atoms with Crippen molar-refractivity contribution >= 4 is 11.6 Å². The number of hydrogen-bond donors (Lipinski definition) is 1. The van der Waals surface area contributed by atoms with E-state index in [1.807, 2.05) is 36.4 Å². The number of methoxy groups -OCH3 is 1. The summed E-state index contributed by atoms with van der Waals surface area (Å²) < 4.78 is 18.6. The van der Waals surface area contributed by atoms with Crippen molar-refractivity contribution in [3.8, 4) is 22.9 Å². The number of fused-ring (bicyclic) bond motifs is 1. The molecular formula is C24H24N2O4. The highest BCUT2D eigenvalue weighted by atomic mass is 16.7. The number of aromatic nitrogens is 1. The van der Waals surface area contributed by atoms with Gasteiger partial charge in [-0.1, -0.05) is 6.07 Å². The van der Waals surface area contributed by atoms with Gasteiger partial charge in [0, 0.05) is 17.1 Å². The molecule has 1 saturated carbocycles. The molecule has 1 N–H and O–H groups in total. The van der Waals surface area contributed by atoms with Crippen LogP contribution in [0.15, 0.2) is 48.5 Å². The van der Waals surface area contributed by atoms with Crippen molar-refractivity contribution in [1.82, 2.24) is 4.57 Å². The number of carbonyl (C=O) groups excluding carboxylic acids is 1. The van der Waals surface area contributed by atoms with Gasteiger partial charge in [-0.25, -0.2) is 0 Å². The molecule has 0 unspecified atom stereocenters. The predicted molar refractivity (Wildman–Crippen MR) is 114 cm³/mol. The van der Waals surface area contributed by atoms with Gasteiger partial charge in [0.05, 0.1) is 18.2 Å². The maximum absolute atomic E-state index is 13.3. The van der Waals surface area contributed by atoms with Crippen LogP contribution in [0, 0.1) is 13.8 Å². The second-order valence-electron chi connectivity index (χ2n) is 7.94. The lowest BCUT2D eigenvalue weighted by atomic mass is 9.94. The molecule has 2 aromatic carbocycles. The zero-order valence-corrected chi connectivity index (χ0v) is 17.3. The highest BCUT2D eigenvalue weighted by molar-refractivity contribution is 6.01. The standard InChI is InChI=1S/C24H24N2O4/c1-15-4-5-16(2)26(15)19-13-18(7-9-20(19)28-3)25-23(27)24(10-11-24)17-6-8-21-22(12-17)30-14-29-21/h4-9,12-13H,10-11,14H2,1-3H3,(H,25,27). The van der Waals surface area contributed by atoms with Gasteiger partial charge in [-0.05, 0) is 74.7 Å². The van der Waals surface area contributed by atoms with Crippen LogP contribution in [-0.2, 0) is 10.2 Å². The van der Waals surface area contributed by atoms with Crippen LogP contribution in [0.3, 0.4) is 0 Å². The lowest BCUT2D eigenvalue weighted by molar-refractivity contribution is -0.118. The molecule has 0 radical (unpaired) electrons. The van der Waals surface area contributed by atoms with Gasteiger partial charge in [0.25, 0.3) is 0 Å².